The summed E-state index contributed by atoms with van der Waals surface area (Å²) in [5.41, 5.74) is 2.26. The molecule has 0 bridgehead atoms. The first-order chi connectivity index (χ1) is 10.2. The molecule has 2 aliphatic rings. The van der Waals surface area contributed by atoms with Crippen LogP contribution in [0.25, 0.3) is 11.3 Å². The topological polar surface area (TPSA) is 65.4 Å². The molecule has 0 unspecified atom stereocenters. The molecule has 0 spiro atoms. The molecule has 4 rings (SSSR count). The van der Waals surface area contributed by atoms with Crippen molar-refractivity contribution in [3.63, 3.8) is 0 Å². The van der Waals surface area contributed by atoms with Crippen molar-refractivity contribution in [3.05, 3.63) is 30.0 Å². The van der Waals surface area contributed by atoms with Gasteiger partial charge in [-0.05, 0) is 37.1 Å². The molecule has 1 N–H and O–H groups in total. The van der Waals surface area contributed by atoms with Gasteiger partial charge in [-0.1, -0.05) is 0 Å². The highest BCUT2D eigenvalue weighted by molar-refractivity contribution is 5.93. The van der Waals surface area contributed by atoms with Crippen molar-refractivity contribution in [1.82, 2.24) is 15.1 Å². The summed E-state index contributed by atoms with van der Waals surface area (Å²) in [6, 6.07) is 7.84. The molecule has 0 atom stereocenters. The van der Waals surface area contributed by atoms with E-state index in [0.717, 1.165) is 35.6 Å². The third kappa shape index (κ3) is 2.22. The van der Waals surface area contributed by atoms with E-state index in [4.69, 9.17) is 9.47 Å². The first-order valence-electron chi connectivity index (χ1n) is 6.95. The zero-order valence-electron chi connectivity index (χ0n) is 11.6. The Hall–Kier alpha value is -2.50. The lowest BCUT2D eigenvalue weighted by molar-refractivity contribution is 0.0945. The predicted octanol–water partition coefficient (Wildman–Crippen LogP) is 1.71. The van der Waals surface area contributed by atoms with Crippen LogP contribution < -0.4 is 14.8 Å². The maximum atomic E-state index is 12.0. The van der Waals surface area contributed by atoms with Crippen LogP contribution in [0.3, 0.4) is 0 Å². The van der Waals surface area contributed by atoms with Crippen molar-refractivity contribution < 1.29 is 14.3 Å². The van der Waals surface area contributed by atoms with Crippen LogP contribution in [-0.4, -0.2) is 28.5 Å². The van der Waals surface area contributed by atoms with Crippen LogP contribution in [-0.2, 0) is 7.05 Å². The van der Waals surface area contributed by atoms with E-state index in [-0.39, 0.29) is 12.7 Å². The summed E-state index contributed by atoms with van der Waals surface area (Å²) < 4.78 is 12.4. The molecule has 0 radical (unpaired) electrons. The summed E-state index contributed by atoms with van der Waals surface area (Å²) in [5.74, 6) is 1.35. The number of carbonyl (C=O) groups excluding carboxylic acids is 1. The summed E-state index contributed by atoms with van der Waals surface area (Å²) in [5, 5.41) is 7.24. The number of hydrogen-bond acceptors (Lipinski definition) is 4. The molecule has 1 fully saturated rings. The molecule has 1 saturated carbocycles. The van der Waals surface area contributed by atoms with E-state index < -0.39 is 0 Å². The minimum atomic E-state index is -0.111. The monoisotopic (exact) mass is 285 g/mol. The maximum absolute atomic E-state index is 12.0. The molecule has 1 aliphatic carbocycles. The van der Waals surface area contributed by atoms with Crippen molar-refractivity contribution in [2.24, 2.45) is 7.05 Å². The van der Waals surface area contributed by atoms with Gasteiger partial charge in [-0.3, -0.25) is 9.48 Å². The molecule has 1 aromatic carbocycles. The van der Waals surface area contributed by atoms with E-state index in [1.54, 1.807) is 10.7 Å². The molecule has 1 amide bonds. The number of rotatable bonds is 3. The molecule has 6 heteroatoms. The number of nitrogens with zero attached hydrogens (tertiary/aromatic N) is 2. The number of amides is 1. The van der Waals surface area contributed by atoms with Crippen LogP contribution in [0.4, 0.5) is 0 Å². The highest BCUT2D eigenvalue weighted by Crippen LogP contribution is 2.35. The second kappa shape index (κ2) is 4.51. The van der Waals surface area contributed by atoms with Gasteiger partial charge in [0, 0.05) is 18.7 Å². The maximum Gasteiger partial charge on any atom is 0.272 e. The summed E-state index contributed by atoms with van der Waals surface area (Å²) in [6.07, 6.45) is 2.13. The Kier molecular flexibility index (Phi) is 2.63. The van der Waals surface area contributed by atoms with Crippen molar-refractivity contribution in [2.45, 2.75) is 18.9 Å². The van der Waals surface area contributed by atoms with Crippen LogP contribution in [0.5, 0.6) is 11.5 Å². The van der Waals surface area contributed by atoms with Gasteiger partial charge in [-0.2, -0.15) is 5.10 Å². The predicted molar refractivity (Wildman–Crippen MR) is 75.3 cm³/mol. The minimum absolute atomic E-state index is 0.111. The van der Waals surface area contributed by atoms with Crippen molar-refractivity contribution in [1.29, 1.82) is 0 Å². The lowest BCUT2D eigenvalue weighted by Crippen LogP contribution is -2.25. The Labute approximate surface area is 121 Å². The van der Waals surface area contributed by atoms with Gasteiger partial charge >= 0.3 is 0 Å². The molecule has 21 heavy (non-hydrogen) atoms. The summed E-state index contributed by atoms with van der Waals surface area (Å²) in [7, 11) is 1.83. The van der Waals surface area contributed by atoms with Gasteiger partial charge in [-0.15, -0.1) is 0 Å². The van der Waals surface area contributed by atoms with E-state index in [1.807, 2.05) is 25.2 Å². The molecule has 1 aliphatic heterocycles. The molecule has 6 nitrogen and oxygen atoms in total. The zero-order valence-corrected chi connectivity index (χ0v) is 11.6. The number of benzene rings is 1. The first-order valence-corrected chi connectivity index (χ1v) is 6.95. The molecular weight excluding hydrogens is 270 g/mol. The van der Waals surface area contributed by atoms with Crippen molar-refractivity contribution in [2.75, 3.05) is 6.79 Å². The lowest BCUT2D eigenvalue weighted by Gasteiger charge is -2.03. The average molecular weight is 285 g/mol. The minimum Gasteiger partial charge on any atom is -0.454 e. The van der Waals surface area contributed by atoms with Gasteiger partial charge < -0.3 is 14.8 Å². The Morgan fingerprint density at radius 3 is 2.90 bits per heavy atom. The van der Waals surface area contributed by atoms with Crippen LogP contribution in [0, 0.1) is 0 Å². The molecule has 2 aromatic rings. The second-order valence-corrected chi connectivity index (χ2v) is 5.35. The molecule has 0 saturated heterocycles. The lowest BCUT2D eigenvalue weighted by atomic mass is 10.1. The number of aryl methyl sites for hydroxylation is 1. The number of carbonyl (C=O) groups is 1. The van der Waals surface area contributed by atoms with Crippen LogP contribution >= 0.6 is 0 Å². The fourth-order valence-electron chi connectivity index (χ4n) is 2.39. The quantitative estimate of drug-likeness (QED) is 0.932. The third-order valence-corrected chi connectivity index (χ3v) is 3.69. The largest absolute Gasteiger partial charge is 0.454 e. The second-order valence-electron chi connectivity index (χ2n) is 5.35. The smallest absolute Gasteiger partial charge is 0.272 e. The molecule has 108 valence electrons. The number of nitrogens with one attached hydrogen (secondary N) is 1. The molecule has 1 aromatic heterocycles. The van der Waals surface area contributed by atoms with Crippen molar-refractivity contribution in [3.8, 4) is 22.8 Å². The number of fused-ring (bicyclic) bond motifs is 1. The van der Waals surface area contributed by atoms with E-state index in [1.165, 1.54) is 0 Å². The fraction of sp³-hybridized carbons (Fsp3) is 0.333. The first kappa shape index (κ1) is 12.3. The Bertz CT molecular complexity index is 719. The van der Waals surface area contributed by atoms with Gasteiger partial charge in [0.2, 0.25) is 6.79 Å². The Morgan fingerprint density at radius 2 is 2.10 bits per heavy atom. The third-order valence-electron chi connectivity index (χ3n) is 3.69. The van der Waals surface area contributed by atoms with Crippen molar-refractivity contribution >= 4 is 5.91 Å². The Morgan fingerprint density at radius 1 is 1.29 bits per heavy atom. The van der Waals surface area contributed by atoms with Gasteiger partial charge in [0.1, 0.15) is 0 Å². The molecular formula is C15H15N3O3. The highest BCUT2D eigenvalue weighted by Gasteiger charge is 2.25. The highest BCUT2D eigenvalue weighted by atomic mass is 16.7. The standard InChI is InChI=1S/C15H15N3O3/c1-18-12(7-11(17-18)15(19)16-10-3-4-10)9-2-5-13-14(6-9)21-8-20-13/h2,5-7,10H,3-4,8H2,1H3,(H,16,19). The summed E-state index contributed by atoms with van der Waals surface area (Å²) in [6.45, 7) is 0.249. The van der Waals surface area contributed by atoms with E-state index >= 15 is 0 Å². The Balaban J connectivity index is 1.65. The number of ether oxygens (including phenoxy) is 2. The SMILES string of the molecule is Cn1nc(C(=O)NC2CC2)cc1-c1ccc2c(c1)OCO2. The van der Waals surface area contributed by atoms with E-state index in [0.29, 0.717) is 11.7 Å². The molecule has 2 heterocycles. The van der Waals surface area contributed by atoms with Crippen LogP contribution in [0.2, 0.25) is 0 Å². The van der Waals surface area contributed by atoms with E-state index in [2.05, 4.69) is 10.4 Å². The zero-order chi connectivity index (χ0) is 14.4. The van der Waals surface area contributed by atoms with E-state index in [9.17, 15) is 4.79 Å². The van der Waals surface area contributed by atoms with Crippen LogP contribution in [0.15, 0.2) is 24.3 Å². The van der Waals surface area contributed by atoms with Crippen LogP contribution in [0.1, 0.15) is 23.3 Å². The van der Waals surface area contributed by atoms with Gasteiger partial charge in [0.05, 0.1) is 5.69 Å². The summed E-state index contributed by atoms with van der Waals surface area (Å²) >= 11 is 0. The normalized spacial score (nSPS) is 16.0. The summed E-state index contributed by atoms with van der Waals surface area (Å²) in [4.78, 5) is 12.0. The number of aromatic nitrogens is 2. The van der Waals surface area contributed by atoms with Gasteiger partial charge in [-0.25, -0.2) is 0 Å². The average Bonchev–Trinajstić information content (AvgIpc) is 3.01. The van der Waals surface area contributed by atoms with Gasteiger partial charge in [0.15, 0.2) is 17.2 Å². The fourth-order valence-corrected chi connectivity index (χ4v) is 2.39. The number of hydrogen-bond donors (Lipinski definition) is 1. The van der Waals surface area contributed by atoms with Gasteiger partial charge in [0.25, 0.3) is 5.91 Å².